The number of fused-ring (bicyclic) bond motifs is 3. The monoisotopic (exact) mass is 506 g/mol. The van der Waals surface area contributed by atoms with Crippen LogP contribution in [0.25, 0.3) is 0 Å². The number of likely N-dealkylation sites (tertiary alicyclic amines) is 1. The topological polar surface area (TPSA) is 116 Å². The summed E-state index contributed by atoms with van der Waals surface area (Å²) in [5.74, 6) is 1.69. The summed E-state index contributed by atoms with van der Waals surface area (Å²) in [6.45, 7) is 5.19. The second-order valence-corrected chi connectivity index (χ2v) is 9.74. The van der Waals surface area contributed by atoms with Crippen LogP contribution < -0.4 is 14.3 Å². The van der Waals surface area contributed by atoms with Gasteiger partial charge in [0.15, 0.2) is 23.0 Å². The van der Waals surface area contributed by atoms with E-state index in [1.165, 1.54) is 0 Å². The molecule has 10 heteroatoms. The molecule has 3 heterocycles. The van der Waals surface area contributed by atoms with E-state index in [0.717, 1.165) is 31.0 Å². The molecule has 37 heavy (non-hydrogen) atoms. The molecule has 1 N–H and O–H groups in total. The SMILES string of the molecule is CC(CN1C2CCC1CN(CC(=O)c1ccc3c(c1)OCCO3)C2)N(Oc1ccc(C#N)cc1)C(=O)O. The van der Waals surface area contributed by atoms with Crippen molar-refractivity contribution in [3.8, 4) is 23.3 Å². The lowest BCUT2D eigenvalue weighted by Crippen LogP contribution is -2.58. The molecule has 2 bridgehead atoms. The number of carbonyl (C=O) groups is 2. The number of carboxylic acid groups (broad SMARTS) is 1. The number of hydroxylamine groups is 2. The zero-order chi connectivity index (χ0) is 25.9. The molecule has 10 nitrogen and oxygen atoms in total. The maximum absolute atomic E-state index is 13.0. The molecule has 1 amide bonds. The summed E-state index contributed by atoms with van der Waals surface area (Å²) in [5.41, 5.74) is 1.09. The number of ketones is 1. The van der Waals surface area contributed by atoms with Crippen LogP contribution in [0.3, 0.4) is 0 Å². The van der Waals surface area contributed by atoms with Crippen LogP contribution in [-0.2, 0) is 0 Å². The number of rotatable bonds is 8. The molecule has 0 saturated carbocycles. The van der Waals surface area contributed by atoms with Gasteiger partial charge >= 0.3 is 6.09 Å². The molecule has 3 unspecified atom stereocenters. The highest BCUT2D eigenvalue weighted by molar-refractivity contribution is 5.98. The van der Waals surface area contributed by atoms with E-state index in [4.69, 9.17) is 19.6 Å². The molecule has 2 aromatic carbocycles. The Hall–Kier alpha value is -3.81. The van der Waals surface area contributed by atoms with Gasteiger partial charge in [-0.2, -0.15) is 5.26 Å². The fourth-order valence-corrected chi connectivity index (χ4v) is 5.42. The summed E-state index contributed by atoms with van der Waals surface area (Å²) in [4.78, 5) is 35.2. The molecular weight excluding hydrogens is 476 g/mol. The van der Waals surface area contributed by atoms with E-state index in [1.54, 1.807) is 42.5 Å². The Labute approximate surface area is 215 Å². The molecule has 0 radical (unpaired) electrons. The summed E-state index contributed by atoms with van der Waals surface area (Å²) >= 11 is 0. The van der Waals surface area contributed by atoms with Crippen molar-refractivity contribution in [2.24, 2.45) is 0 Å². The first-order valence-corrected chi connectivity index (χ1v) is 12.5. The molecule has 2 saturated heterocycles. The third kappa shape index (κ3) is 5.48. The Kier molecular flexibility index (Phi) is 7.17. The van der Waals surface area contributed by atoms with Crippen LogP contribution in [-0.4, -0.2) is 89.4 Å². The quantitative estimate of drug-likeness (QED) is 0.426. The molecule has 3 aliphatic rings. The smallest absolute Gasteiger partial charge is 0.441 e. The van der Waals surface area contributed by atoms with Gasteiger partial charge in [-0.1, -0.05) is 0 Å². The molecule has 194 valence electrons. The molecule has 2 aromatic rings. The number of benzene rings is 2. The maximum atomic E-state index is 13.0. The predicted octanol–water partition coefficient (Wildman–Crippen LogP) is 3.02. The van der Waals surface area contributed by atoms with E-state index < -0.39 is 12.1 Å². The number of nitrogens with zero attached hydrogens (tertiary/aromatic N) is 4. The number of hydrogen-bond donors (Lipinski definition) is 1. The van der Waals surface area contributed by atoms with Crippen LogP contribution in [0.1, 0.15) is 35.7 Å². The number of nitriles is 1. The highest BCUT2D eigenvalue weighted by atomic mass is 16.7. The van der Waals surface area contributed by atoms with E-state index in [-0.39, 0.29) is 17.9 Å². The fraction of sp³-hybridized carbons (Fsp3) is 0.444. The molecule has 0 spiro atoms. The van der Waals surface area contributed by atoms with Crippen molar-refractivity contribution in [1.29, 1.82) is 5.26 Å². The lowest BCUT2D eigenvalue weighted by atomic mass is 10.1. The molecule has 3 aliphatic heterocycles. The summed E-state index contributed by atoms with van der Waals surface area (Å²) < 4.78 is 11.2. The fourth-order valence-electron chi connectivity index (χ4n) is 5.42. The zero-order valence-electron chi connectivity index (χ0n) is 20.7. The van der Waals surface area contributed by atoms with Gasteiger partial charge in [-0.3, -0.25) is 14.6 Å². The lowest BCUT2D eigenvalue weighted by molar-refractivity contribution is -0.0779. The second-order valence-electron chi connectivity index (χ2n) is 9.74. The van der Waals surface area contributed by atoms with E-state index in [2.05, 4.69) is 9.80 Å². The Morgan fingerprint density at radius 2 is 1.78 bits per heavy atom. The van der Waals surface area contributed by atoms with Crippen molar-refractivity contribution in [2.45, 2.75) is 37.9 Å². The summed E-state index contributed by atoms with van der Waals surface area (Å²) in [5, 5.41) is 19.7. The van der Waals surface area contributed by atoms with E-state index in [0.29, 0.717) is 54.7 Å². The highest BCUT2D eigenvalue weighted by Crippen LogP contribution is 2.33. The second kappa shape index (κ2) is 10.7. The Morgan fingerprint density at radius 1 is 1.11 bits per heavy atom. The van der Waals surface area contributed by atoms with Crippen molar-refractivity contribution in [1.82, 2.24) is 14.9 Å². The van der Waals surface area contributed by atoms with E-state index >= 15 is 0 Å². The van der Waals surface area contributed by atoms with Gasteiger partial charge in [-0.05, 0) is 62.2 Å². The average Bonchev–Trinajstić information content (AvgIpc) is 3.13. The van der Waals surface area contributed by atoms with Gasteiger partial charge in [0.1, 0.15) is 13.2 Å². The third-order valence-corrected chi connectivity index (χ3v) is 7.19. The number of amides is 1. The summed E-state index contributed by atoms with van der Waals surface area (Å²) in [6, 6.07) is 13.8. The van der Waals surface area contributed by atoms with Gasteiger partial charge < -0.3 is 19.4 Å². The average molecular weight is 507 g/mol. The lowest BCUT2D eigenvalue weighted by Gasteiger charge is -2.42. The van der Waals surface area contributed by atoms with Gasteiger partial charge in [0.05, 0.1) is 24.2 Å². The molecular formula is C27H30N4O6. The van der Waals surface area contributed by atoms with Crippen LogP contribution >= 0.6 is 0 Å². The van der Waals surface area contributed by atoms with E-state index in [9.17, 15) is 14.7 Å². The molecule has 2 fully saturated rings. The minimum atomic E-state index is -1.17. The first kappa shape index (κ1) is 24.9. The zero-order valence-corrected chi connectivity index (χ0v) is 20.7. The summed E-state index contributed by atoms with van der Waals surface area (Å²) in [6.07, 6.45) is 0.846. The normalized spacial score (nSPS) is 21.6. The van der Waals surface area contributed by atoms with Crippen LogP contribution in [0.4, 0.5) is 4.79 Å². The van der Waals surface area contributed by atoms with E-state index in [1.807, 2.05) is 13.0 Å². The number of piperazine rings is 1. The highest BCUT2D eigenvalue weighted by Gasteiger charge is 2.41. The number of Topliss-reactive ketones (excluding diaryl/α,β-unsaturated/α-hetero) is 1. The van der Waals surface area contributed by atoms with Crippen molar-refractivity contribution in [2.75, 3.05) is 39.4 Å². The first-order valence-electron chi connectivity index (χ1n) is 12.5. The van der Waals surface area contributed by atoms with Crippen molar-refractivity contribution >= 4 is 11.9 Å². The Morgan fingerprint density at radius 3 is 2.43 bits per heavy atom. The Bertz CT molecular complexity index is 1180. The maximum Gasteiger partial charge on any atom is 0.441 e. The van der Waals surface area contributed by atoms with Gasteiger partial charge in [0, 0.05) is 37.3 Å². The summed E-state index contributed by atoms with van der Waals surface area (Å²) in [7, 11) is 0. The number of ether oxygens (including phenoxy) is 2. The van der Waals surface area contributed by atoms with Crippen LogP contribution in [0, 0.1) is 11.3 Å². The Balaban J connectivity index is 1.18. The van der Waals surface area contributed by atoms with Gasteiger partial charge in [0.2, 0.25) is 0 Å². The number of carbonyl (C=O) groups excluding carboxylic acids is 1. The molecule has 0 aromatic heterocycles. The minimum absolute atomic E-state index is 0.0473. The predicted molar refractivity (Wildman–Crippen MR) is 133 cm³/mol. The van der Waals surface area contributed by atoms with Gasteiger partial charge in [-0.15, -0.1) is 5.06 Å². The van der Waals surface area contributed by atoms with Crippen LogP contribution in [0.2, 0.25) is 0 Å². The molecule has 0 aliphatic carbocycles. The van der Waals surface area contributed by atoms with Crippen LogP contribution in [0.15, 0.2) is 42.5 Å². The minimum Gasteiger partial charge on any atom is -0.486 e. The van der Waals surface area contributed by atoms with Crippen molar-refractivity contribution in [3.63, 3.8) is 0 Å². The van der Waals surface area contributed by atoms with Gasteiger partial charge in [-0.25, -0.2) is 4.79 Å². The molecule has 3 atom stereocenters. The van der Waals surface area contributed by atoms with Gasteiger partial charge in [0.25, 0.3) is 0 Å². The first-order chi connectivity index (χ1) is 17.9. The standard InChI is InChI=1S/C27H30N4O6/c1-18(31(27(33)34)37-23-7-2-19(13-28)3-8-23)14-30-21-5-6-22(30)16-29(15-21)17-24(32)20-4-9-25-26(12-20)36-11-10-35-25/h2-4,7-9,12,18,21-22H,5-6,10-11,14-17H2,1H3,(H,33,34). The van der Waals surface area contributed by atoms with Crippen molar-refractivity contribution in [3.05, 3.63) is 53.6 Å². The van der Waals surface area contributed by atoms with Crippen molar-refractivity contribution < 1.29 is 29.0 Å². The number of hydrogen-bond acceptors (Lipinski definition) is 8. The third-order valence-electron chi connectivity index (χ3n) is 7.19. The largest absolute Gasteiger partial charge is 0.486 e. The van der Waals surface area contributed by atoms with Crippen LogP contribution in [0.5, 0.6) is 17.2 Å². The molecule has 5 rings (SSSR count).